The molecule has 1 atom stereocenters. The zero-order valence-corrected chi connectivity index (χ0v) is 10.5. The zero-order chi connectivity index (χ0) is 12.3. The van der Waals surface area contributed by atoms with Crippen LogP contribution in [0.25, 0.3) is 0 Å². The van der Waals surface area contributed by atoms with Gasteiger partial charge in [0.25, 0.3) is 0 Å². The van der Waals surface area contributed by atoms with Crippen LogP contribution in [0, 0.1) is 0 Å². The molecular weight excluding hydrogens is 230 g/mol. The molecule has 16 heavy (non-hydrogen) atoms. The van der Waals surface area contributed by atoms with E-state index in [9.17, 15) is 9.59 Å². The molecule has 0 spiro atoms. The van der Waals surface area contributed by atoms with Gasteiger partial charge in [-0.3, -0.25) is 9.69 Å². The predicted octanol–water partition coefficient (Wildman–Crippen LogP) is 1.97. The van der Waals surface area contributed by atoms with Crippen molar-refractivity contribution in [1.29, 1.82) is 0 Å². The Morgan fingerprint density at radius 1 is 1.50 bits per heavy atom. The van der Waals surface area contributed by atoms with E-state index < -0.39 is 17.7 Å². The lowest BCUT2D eigenvalue weighted by Crippen LogP contribution is -2.44. The number of Topliss-reactive ketones (excluding diaryl/α,β-unsaturated/α-hetero) is 1. The third kappa shape index (κ3) is 3.23. The lowest BCUT2D eigenvalue weighted by atomic mass is 10.2. The highest BCUT2D eigenvalue weighted by molar-refractivity contribution is 6.28. The van der Waals surface area contributed by atoms with Crippen molar-refractivity contribution in [3.63, 3.8) is 0 Å². The third-order valence-corrected chi connectivity index (χ3v) is 2.31. The van der Waals surface area contributed by atoms with Crippen LogP contribution in [0.1, 0.15) is 20.8 Å². The first-order valence-electron chi connectivity index (χ1n) is 5.10. The Morgan fingerprint density at radius 3 is 2.62 bits per heavy atom. The second-order valence-electron chi connectivity index (χ2n) is 4.61. The molecule has 1 amide bonds. The molecule has 90 valence electrons. The van der Waals surface area contributed by atoms with Crippen LogP contribution in [0.2, 0.25) is 0 Å². The van der Waals surface area contributed by atoms with E-state index in [0.717, 1.165) is 0 Å². The summed E-state index contributed by atoms with van der Waals surface area (Å²) in [6, 6.07) is -0.577. The van der Waals surface area contributed by atoms with Crippen LogP contribution in [-0.2, 0) is 9.53 Å². The van der Waals surface area contributed by atoms with Crippen molar-refractivity contribution in [2.24, 2.45) is 0 Å². The number of amides is 1. The molecular formula is C11H16ClNO3. The predicted molar refractivity (Wildman–Crippen MR) is 61.6 cm³/mol. The van der Waals surface area contributed by atoms with Crippen molar-refractivity contribution in [2.45, 2.75) is 32.4 Å². The van der Waals surface area contributed by atoms with Crippen LogP contribution in [0.5, 0.6) is 0 Å². The molecule has 0 fully saturated rings. The quantitative estimate of drug-likeness (QED) is 0.552. The first-order chi connectivity index (χ1) is 7.35. The molecule has 0 radical (unpaired) electrons. The molecule has 0 aromatic carbocycles. The van der Waals surface area contributed by atoms with Crippen molar-refractivity contribution in [3.05, 3.63) is 12.2 Å². The van der Waals surface area contributed by atoms with Gasteiger partial charge in [-0.1, -0.05) is 12.2 Å². The monoisotopic (exact) mass is 245 g/mol. The average Bonchev–Trinajstić information content (AvgIpc) is 2.62. The molecule has 0 aromatic heterocycles. The summed E-state index contributed by atoms with van der Waals surface area (Å²) < 4.78 is 5.20. The van der Waals surface area contributed by atoms with Crippen molar-refractivity contribution < 1.29 is 14.3 Å². The lowest BCUT2D eigenvalue weighted by molar-refractivity contribution is -0.119. The van der Waals surface area contributed by atoms with E-state index in [4.69, 9.17) is 16.3 Å². The van der Waals surface area contributed by atoms with Crippen LogP contribution in [0.4, 0.5) is 4.79 Å². The number of rotatable bonds is 2. The van der Waals surface area contributed by atoms with E-state index in [1.165, 1.54) is 4.90 Å². The zero-order valence-electron chi connectivity index (χ0n) is 9.70. The lowest BCUT2D eigenvalue weighted by Gasteiger charge is -2.27. The van der Waals surface area contributed by atoms with E-state index in [0.29, 0.717) is 6.54 Å². The summed E-state index contributed by atoms with van der Waals surface area (Å²) in [5.74, 6) is -0.296. The summed E-state index contributed by atoms with van der Waals surface area (Å²) in [4.78, 5) is 24.6. The first-order valence-corrected chi connectivity index (χ1v) is 5.63. The van der Waals surface area contributed by atoms with Gasteiger partial charge in [0.2, 0.25) is 0 Å². The number of alkyl halides is 1. The third-order valence-electron chi connectivity index (χ3n) is 2.05. The smallest absolute Gasteiger partial charge is 0.411 e. The fourth-order valence-electron chi connectivity index (χ4n) is 1.39. The SMILES string of the molecule is CC(C)(C)OC(=O)N1CC=C[C@H]1C(=O)CCl. The van der Waals surface area contributed by atoms with Crippen LogP contribution in [-0.4, -0.2) is 40.8 Å². The van der Waals surface area contributed by atoms with Crippen LogP contribution in [0.3, 0.4) is 0 Å². The van der Waals surface area contributed by atoms with Gasteiger partial charge in [-0.2, -0.15) is 0 Å². The van der Waals surface area contributed by atoms with Gasteiger partial charge in [-0.05, 0) is 20.8 Å². The average molecular weight is 246 g/mol. The maximum atomic E-state index is 11.8. The minimum atomic E-state index is -0.577. The Morgan fingerprint density at radius 2 is 2.12 bits per heavy atom. The number of halogens is 1. The van der Waals surface area contributed by atoms with Gasteiger partial charge in [0.1, 0.15) is 11.6 Å². The Balaban J connectivity index is 2.67. The van der Waals surface area contributed by atoms with Gasteiger partial charge in [0.05, 0.1) is 5.88 Å². The Bertz CT molecular complexity index is 320. The number of ether oxygens (including phenoxy) is 1. The Hall–Kier alpha value is -1.03. The van der Waals surface area contributed by atoms with E-state index in [1.807, 2.05) is 0 Å². The van der Waals surface area contributed by atoms with E-state index in [1.54, 1.807) is 32.9 Å². The highest BCUT2D eigenvalue weighted by Gasteiger charge is 2.32. The minimum absolute atomic E-state index is 0.103. The molecule has 0 bridgehead atoms. The molecule has 1 rings (SSSR count). The Labute approximate surface area is 100 Å². The molecule has 4 nitrogen and oxygen atoms in total. The van der Waals surface area contributed by atoms with Gasteiger partial charge in [0.15, 0.2) is 5.78 Å². The summed E-state index contributed by atoms with van der Waals surface area (Å²) in [5.41, 5.74) is -0.561. The molecule has 0 aromatic rings. The molecule has 0 N–H and O–H groups in total. The van der Waals surface area contributed by atoms with E-state index in [-0.39, 0.29) is 11.7 Å². The van der Waals surface area contributed by atoms with Crippen molar-refractivity contribution in [3.8, 4) is 0 Å². The maximum Gasteiger partial charge on any atom is 0.411 e. The van der Waals surface area contributed by atoms with Crippen molar-refractivity contribution in [1.82, 2.24) is 4.90 Å². The summed E-state index contributed by atoms with van der Waals surface area (Å²) in [6.07, 6.45) is 2.95. The summed E-state index contributed by atoms with van der Waals surface area (Å²) in [6.45, 7) is 5.74. The standard InChI is InChI=1S/C11H16ClNO3/c1-11(2,3)16-10(15)13-6-4-5-8(13)9(14)7-12/h4-5,8H,6-7H2,1-3H3/t8-/m0/s1. The van der Waals surface area contributed by atoms with Gasteiger partial charge in [-0.15, -0.1) is 11.6 Å². The number of carbonyl (C=O) groups excluding carboxylic acids is 2. The van der Waals surface area contributed by atoms with Crippen LogP contribution >= 0.6 is 11.6 Å². The fraction of sp³-hybridized carbons (Fsp3) is 0.636. The molecule has 0 saturated carbocycles. The fourth-order valence-corrected chi connectivity index (χ4v) is 1.55. The summed E-state index contributed by atoms with van der Waals surface area (Å²) in [5, 5.41) is 0. The largest absolute Gasteiger partial charge is 0.444 e. The highest BCUT2D eigenvalue weighted by Crippen LogP contribution is 2.16. The molecule has 5 heteroatoms. The topological polar surface area (TPSA) is 46.6 Å². The number of hydrogen-bond acceptors (Lipinski definition) is 3. The number of carbonyl (C=O) groups is 2. The van der Waals surface area contributed by atoms with Gasteiger partial charge in [-0.25, -0.2) is 4.79 Å². The van der Waals surface area contributed by atoms with Crippen LogP contribution < -0.4 is 0 Å². The van der Waals surface area contributed by atoms with Gasteiger partial charge in [0, 0.05) is 6.54 Å². The van der Waals surface area contributed by atoms with Crippen LogP contribution in [0.15, 0.2) is 12.2 Å². The van der Waals surface area contributed by atoms with Crippen molar-refractivity contribution in [2.75, 3.05) is 12.4 Å². The second kappa shape index (κ2) is 4.87. The van der Waals surface area contributed by atoms with Gasteiger partial charge < -0.3 is 4.74 Å². The maximum absolute atomic E-state index is 11.8. The molecule has 0 saturated heterocycles. The molecule has 0 aliphatic carbocycles. The number of ketones is 1. The van der Waals surface area contributed by atoms with E-state index in [2.05, 4.69) is 0 Å². The number of hydrogen-bond donors (Lipinski definition) is 0. The summed E-state index contributed by atoms with van der Waals surface area (Å²) >= 11 is 5.47. The summed E-state index contributed by atoms with van der Waals surface area (Å²) in [7, 11) is 0. The minimum Gasteiger partial charge on any atom is -0.444 e. The normalized spacial score (nSPS) is 20.0. The molecule has 0 unspecified atom stereocenters. The molecule has 1 heterocycles. The van der Waals surface area contributed by atoms with Crippen molar-refractivity contribution >= 4 is 23.5 Å². The molecule has 1 aliphatic heterocycles. The first kappa shape index (κ1) is 13.0. The van der Waals surface area contributed by atoms with E-state index >= 15 is 0 Å². The number of nitrogens with zero attached hydrogens (tertiary/aromatic N) is 1. The highest BCUT2D eigenvalue weighted by atomic mass is 35.5. The molecule has 1 aliphatic rings. The van der Waals surface area contributed by atoms with Gasteiger partial charge >= 0.3 is 6.09 Å². The second-order valence-corrected chi connectivity index (χ2v) is 4.87. The Kier molecular flexibility index (Phi) is 3.97.